The molecule has 0 fully saturated rings. The smallest absolute Gasteiger partial charge is 0.390 e. The fourth-order valence-electron chi connectivity index (χ4n) is 5.59. The summed E-state index contributed by atoms with van der Waals surface area (Å²) in [6, 6.07) is 9.96. The molecule has 2 unspecified atom stereocenters. The van der Waals surface area contributed by atoms with E-state index in [0.29, 0.717) is 3.70 Å². The van der Waals surface area contributed by atoms with Crippen LogP contribution in [-0.4, -0.2) is 25.7 Å². The van der Waals surface area contributed by atoms with Crippen molar-refractivity contribution in [1.82, 2.24) is 4.48 Å². The first kappa shape index (κ1) is 22.5. The maximum Gasteiger partial charge on any atom is 0.733 e. The van der Waals surface area contributed by atoms with Crippen molar-refractivity contribution in [2.45, 2.75) is 65.3 Å². The van der Waals surface area contributed by atoms with Gasteiger partial charge >= 0.3 is 6.97 Å². The number of nitrogens with zero attached hydrogens (tertiary/aromatic N) is 2. The number of allylic oxidation sites excluding steroid dienone is 1. The van der Waals surface area contributed by atoms with Gasteiger partial charge in [-0.15, -0.1) is 0 Å². The standard InChI is InChI=1S/C23H27BF2I2N2/c1-5-15-17(7-3)22(27)29-20(15)19(14-12-10-9-11-13-14)21-16(6-2)18(8-4)23(28)30(21)24(29,25)26/h9-13,19-20H,5-8H2,1-4H3. The molecule has 2 atom stereocenters. The zero-order valence-electron chi connectivity index (χ0n) is 17.9. The summed E-state index contributed by atoms with van der Waals surface area (Å²) in [6.45, 7) is 4.46. The van der Waals surface area contributed by atoms with Crippen LogP contribution in [0, 0.1) is 3.70 Å². The maximum absolute atomic E-state index is 16.3. The lowest BCUT2D eigenvalue weighted by Gasteiger charge is -2.41. The molecular weight excluding hydrogens is 607 g/mol. The van der Waals surface area contributed by atoms with Crippen molar-refractivity contribution in [2.75, 3.05) is 0 Å². The zero-order valence-corrected chi connectivity index (χ0v) is 22.2. The number of halogens is 4. The Kier molecular flexibility index (Phi) is 6.25. The van der Waals surface area contributed by atoms with Crippen LogP contribution < -0.4 is 0 Å². The SMILES string of the molecule is CCC1=C(CC)C2C(c3ccccc3)c3c(CC)c(CC)c(I)n3[B-](F)(F)[N+]2=C1I. The van der Waals surface area contributed by atoms with Crippen molar-refractivity contribution in [3.05, 3.63) is 67.6 Å². The largest absolute Gasteiger partial charge is 0.733 e. The van der Waals surface area contributed by atoms with Crippen molar-refractivity contribution >= 4 is 55.9 Å². The van der Waals surface area contributed by atoms with E-state index in [-0.39, 0.29) is 12.0 Å². The molecule has 0 saturated heterocycles. The van der Waals surface area contributed by atoms with Crippen molar-refractivity contribution in [2.24, 2.45) is 0 Å². The minimum absolute atomic E-state index is 0.0970. The Morgan fingerprint density at radius 1 is 0.933 bits per heavy atom. The predicted molar refractivity (Wildman–Crippen MR) is 138 cm³/mol. The van der Waals surface area contributed by atoms with Crippen LogP contribution in [0.1, 0.15) is 68.8 Å². The molecule has 2 aromatic rings. The van der Waals surface area contributed by atoms with Gasteiger partial charge in [0.05, 0.1) is 9.62 Å². The van der Waals surface area contributed by atoms with Gasteiger partial charge in [-0.2, -0.15) is 0 Å². The summed E-state index contributed by atoms with van der Waals surface area (Å²) in [7, 11) is 0. The third-order valence-electron chi connectivity index (χ3n) is 6.77. The molecule has 1 aromatic carbocycles. The van der Waals surface area contributed by atoms with E-state index in [1.807, 2.05) is 18.2 Å². The number of hydrogen-bond acceptors (Lipinski definition) is 0. The lowest BCUT2D eigenvalue weighted by Crippen LogP contribution is -2.59. The zero-order chi connectivity index (χ0) is 21.8. The van der Waals surface area contributed by atoms with Gasteiger partial charge < -0.3 is 17.6 Å². The second-order valence-corrected chi connectivity index (χ2v) is 10.1. The molecule has 0 radical (unpaired) electrons. The molecule has 30 heavy (non-hydrogen) atoms. The fraction of sp³-hybridized carbons (Fsp3) is 0.435. The normalized spacial score (nSPS) is 22.5. The molecule has 1 aromatic heterocycles. The van der Waals surface area contributed by atoms with Gasteiger partial charge in [-0.05, 0) is 65.0 Å². The van der Waals surface area contributed by atoms with Crippen LogP contribution in [0.5, 0.6) is 0 Å². The van der Waals surface area contributed by atoms with Gasteiger partial charge in [0.2, 0.25) is 0 Å². The van der Waals surface area contributed by atoms with E-state index in [9.17, 15) is 0 Å². The van der Waals surface area contributed by atoms with Crippen molar-refractivity contribution in [3.63, 3.8) is 0 Å². The minimum Gasteiger partial charge on any atom is -0.390 e. The molecule has 0 aliphatic carbocycles. The predicted octanol–water partition coefficient (Wildman–Crippen LogP) is 6.93. The second-order valence-electron chi connectivity index (χ2n) is 8.04. The van der Waals surface area contributed by atoms with Crippen LogP contribution in [0.2, 0.25) is 0 Å². The van der Waals surface area contributed by atoms with Gasteiger partial charge in [0, 0.05) is 39.4 Å². The lowest BCUT2D eigenvalue weighted by molar-refractivity contribution is -0.460. The molecule has 2 nitrogen and oxygen atoms in total. The van der Waals surface area contributed by atoms with E-state index in [0.717, 1.165) is 57.4 Å². The monoisotopic (exact) mass is 634 g/mol. The van der Waals surface area contributed by atoms with E-state index < -0.39 is 6.97 Å². The number of hydrogen-bond donors (Lipinski definition) is 0. The Hall–Kier alpha value is -0.705. The lowest BCUT2D eigenvalue weighted by atomic mass is 9.74. The Balaban J connectivity index is 2.15. The molecule has 2 aliphatic rings. The van der Waals surface area contributed by atoms with E-state index in [1.54, 1.807) is 0 Å². The first-order valence-corrected chi connectivity index (χ1v) is 13.0. The Morgan fingerprint density at radius 3 is 2.10 bits per heavy atom. The van der Waals surface area contributed by atoms with E-state index in [1.165, 1.54) is 14.5 Å². The van der Waals surface area contributed by atoms with Gasteiger partial charge in [-0.3, -0.25) is 0 Å². The Labute approximate surface area is 205 Å². The average molecular weight is 634 g/mol. The summed E-state index contributed by atoms with van der Waals surface area (Å²) in [5.41, 5.74) is 6.46. The Bertz CT molecular complexity index is 1060. The molecule has 0 spiro atoms. The highest BCUT2D eigenvalue weighted by molar-refractivity contribution is 14.1. The summed E-state index contributed by atoms with van der Waals surface area (Å²) in [5.74, 6) is -0.0970. The highest BCUT2D eigenvalue weighted by Crippen LogP contribution is 2.50. The summed E-state index contributed by atoms with van der Waals surface area (Å²) in [6.07, 6.45) is 3.13. The molecule has 0 N–H and O–H groups in total. The molecule has 4 rings (SSSR count). The molecule has 0 saturated carbocycles. The summed E-state index contributed by atoms with van der Waals surface area (Å²) >= 11 is 4.33. The highest BCUT2D eigenvalue weighted by atomic mass is 127. The molecular formula is C23H27BF2I2N2. The van der Waals surface area contributed by atoms with Crippen molar-refractivity contribution in [3.8, 4) is 0 Å². The Morgan fingerprint density at radius 2 is 1.57 bits per heavy atom. The van der Waals surface area contributed by atoms with E-state index >= 15 is 8.63 Å². The van der Waals surface area contributed by atoms with Gasteiger partial charge in [-0.25, -0.2) is 0 Å². The molecule has 0 bridgehead atoms. The topological polar surface area (TPSA) is 7.94 Å². The minimum atomic E-state index is -3.92. The van der Waals surface area contributed by atoms with Crippen molar-refractivity contribution in [1.29, 1.82) is 0 Å². The van der Waals surface area contributed by atoms with Crippen LogP contribution in [0.4, 0.5) is 8.63 Å². The molecule has 3 heterocycles. The summed E-state index contributed by atoms with van der Waals surface area (Å²) < 4.78 is 37.0. The van der Waals surface area contributed by atoms with Crippen LogP contribution in [-0.2, 0) is 12.8 Å². The third kappa shape index (κ3) is 3.00. The molecule has 0 amide bonds. The van der Waals surface area contributed by atoms with E-state index in [4.69, 9.17) is 0 Å². The van der Waals surface area contributed by atoms with Crippen LogP contribution in [0.25, 0.3) is 0 Å². The fourth-order valence-corrected chi connectivity index (χ4v) is 8.25. The summed E-state index contributed by atoms with van der Waals surface area (Å²) in [5, 5.41) is 0. The highest BCUT2D eigenvalue weighted by Gasteiger charge is 2.61. The van der Waals surface area contributed by atoms with E-state index in [2.05, 4.69) is 85.0 Å². The van der Waals surface area contributed by atoms with Gasteiger partial charge in [0.1, 0.15) is 6.04 Å². The number of aromatic nitrogens is 1. The van der Waals surface area contributed by atoms with Crippen LogP contribution in [0.15, 0.2) is 41.5 Å². The number of fused-ring (bicyclic) bond motifs is 2. The first-order valence-electron chi connectivity index (χ1n) is 10.9. The van der Waals surface area contributed by atoms with Crippen molar-refractivity contribution < 1.29 is 13.1 Å². The first-order chi connectivity index (χ1) is 14.3. The maximum atomic E-state index is 16.3. The van der Waals surface area contributed by atoms with Crippen LogP contribution in [0.3, 0.4) is 0 Å². The number of benzene rings is 1. The third-order valence-corrected chi connectivity index (χ3v) is 9.15. The number of rotatable bonds is 5. The van der Waals surface area contributed by atoms with Gasteiger partial charge in [0.25, 0.3) is 0 Å². The summed E-state index contributed by atoms with van der Waals surface area (Å²) in [4.78, 5) is 0. The molecule has 7 heteroatoms. The quantitative estimate of drug-likeness (QED) is 0.249. The van der Waals surface area contributed by atoms with Gasteiger partial charge in [0.15, 0.2) is 3.72 Å². The molecule has 2 aliphatic heterocycles. The second kappa shape index (κ2) is 8.33. The van der Waals surface area contributed by atoms with Crippen LogP contribution >= 0.6 is 45.2 Å². The van der Waals surface area contributed by atoms with Gasteiger partial charge in [-0.1, -0.05) is 58.0 Å². The average Bonchev–Trinajstić information content (AvgIpc) is 3.20. The molecule has 160 valence electrons.